The van der Waals surface area contributed by atoms with Gasteiger partial charge in [0, 0.05) is 42.9 Å². The summed E-state index contributed by atoms with van der Waals surface area (Å²) in [6.07, 6.45) is 3.14. The molecule has 1 atom stereocenters. The Balaban J connectivity index is 1.36. The summed E-state index contributed by atoms with van der Waals surface area (Å²) in [7, 11) is 0. The van der Waals surface area contributed by atoms with Gasteiger partial charge in [-0.15, -0.1) is 0 Å². The second kappa shape index (κ2) is 7.69. The number of alkyl halides is 3. The van der Waals surface area contributed by atoms with Crippen LogP contribution in [0.1, 0.15) is 17.5 Å². The van der Waals surface area contributed by atoms with Crippen LogP contribution in [-0.2, 0) is 6.42 Å². The Morgan fingerprint density at radius 3 is 2.76 bits per heavy atom. The van der Waals surface area contributed by atoms with Crippen molar-refractivity contribution in [1.29, 1.82) is 0 Å². The molecule has 1 unspecified atom stereocenters. The number of nitrogens with one attached hydrogen (secondary N) is 2. The highest BCUT2D eigenvalue weighted by atomic mass is 19.4. The van der Waals surface area contributed by atoms with E-state index in [1.165, 1.54) is 0 Å². The van der Waals surface area contributed by atoms with Gasteiger partial charge in [0.1, 0.15) is 17.3 Å². The summed E-state index contributed by atoms with van der Waals surface area (Å²) < 4.78 is 51.9. The van der Waals surface area contributed by atoms with Crippen molar-refractivity contribution in [2.45, 2.75) is 19.0 Å². The van der Waals surface area contributed by atoms with Crippen LogP contribution in [0.15, 0.2) is 66.4 Å². The van der Waals surface area contributed by atoms with Crippen molar-refractivity contribution in [1.82, 2.24) is 15.0 Å². The molecule has 0 aromatic carbocycles. The SMILES string of the molecule is FC1=CC(C(F)(F)F)=CCC1CNc1ccc(Cc2c[nH]c3ncccc23)cn1. The smallest absolute Gasteiger partial charge is 0.369 e. The van der Waals surface area contributed by atoms with Gasteiger partial charge in [-0.1, -0.05) is 12.1 Å². The van der Waals surface area contributed by atoms with Gasteiger partial charge in [-0.3, -0.25) is 0 Å². The molecule has 150 valence electrons. The van der Waals surface area contributed by atoms with E-state index in [0.29, 0.717) is 18.3 Å². The molecule has 0 saturated carbocycles. The lowest BCUT2D eigenvalue weighted by Gasteiger charge is -2.20. The highest BCUT2D eigenvalue weighted by Crippen LogP contribution is 2.34. The normalized spacial score (nSPS) is 17.2. The van der Waals surface area contributed by atoms with Crippen molar-refractivity contribution in [3.63, 3.8) is 0 Å². The van der Waals surface area contributed by atoms with Gasteiger partial charge in [-0.05, 0) is 41.8 Å². The van der Waals surface area contributed by atoms with Crippen molar-refractivity contribution >= 4 is 16.9 Å². The molecule has 0 bridgehead atoms. The number of H-pyrrole nitrogens is 1. The molecule has 1 aliphatic carbocycles. The molecule has 3 aromatic heterocycles. The number of pyridine rings is 2. The maximum atomic E-state index is 14.0. The van der Waals surface area contributed by atoms with E-state index in [2.05, 4.69) is 20.3 Å². The first-order valence-corrected chi connectivity index (χ1v) is 9.14. The number of nitrogens with zero attached hydrogens (tertiary/aromatic N) is 2. The van der Waals surface area contributed by atoms with Crippen molar-refractivity contribution in [2.24, 2.45) is 5.92 Å². The minimum atomic E-state index is -4.52. The van der Waals surface area contributed by atoms with Gasteiger partial charge in [0.15, 0.2) is 0 Å². The summed E-state index contributed by atoms with van der Waals surface area (Å²) >= 11 is 0. The topological polar surface area (TPSA) is 53.6 Å². The van der Waals surface area contributed by atoms with Gasteiger partial charge >= 0.3 is 6.18 Å². The third-order valence-corrected chi connectivity index (χ3v) is 4.92. The largest absolute Gasteiger partial charge is 0.416 e. The van der Waals surface area contributed by atoms with Crippen LogP contribution in [0.3, 0.4) is 0 Å². The second-order valence-corrected chi connectivity index (χ2v) is 6.94. The molecule has 0 radical (unpaired) electrons. The highest BCUT2D eigenvalue weighted by Gasteiger charge is 2.35. The fourth-order valence-electron chi connectivity index (χ4n) is 3.33. The zero-order chi connectivity index (χ0) is 20.4. The standard InChI is InChI=1S/C21H18F4N4/c22-18-9-16(21(23,24)25)5-4-14(18)11-28-19-6-3-13(10-27-19)8-15-12-29-20-17(15)2-1-7-26-20/h1-3,5-7,9-10,12,14H,4,8,11H2,(H,26,29)(H,27,28). The lowest BCUT2D eigenvalue weighted by Crippen LogP contribution is -2.20. The van der Waals surface area contributed by atoms with Crippen LogP contribution in [0, 0.1) is 5.92 Å². The third-order valence-electron chi connectivity index (χ3n) is 4.92. The molecule has 29 heavy (non-hydrogen) atoms. The first-order chi connectivity index (χ1) is 13.9. The average Bonchev–Trinajstić information content (AvgIpc) is 3.10. The number of aromatic amines is 1. The maximum absolute atomic E-state index is 14.0. The summed E-state index contributed by atoms with van der Waals surface area (Å²) in [6, 6.07) is 7.59. The Morgan fingerprint density at radius 2 is 2.03 bits per heavy atom. The fourth-order valence-corrected chi connectivity index (χ4v) is 3.33. The molecule has 4 nitrogen and oxygen atoms in total. The minimum Gasteiger partial charge on any atom is -0.369 e. The van der Waals surface area contributed by atoms with Crippen molar-refractivity contribution in [3.05, 3.63) is 77.5 Å². The molecule has 0 saturated heterocycles. The zero-order valence-electron chi connectivity index (χ0n) is 15.3. The predicted octanol–water partition coefficient (Wildman–Crippen LogP) is 5.32. The van der Waals surface area contributed by atoms with E-state index in [-0.39, 0.29) is 13.0 Å². The first-order valence-electron chi connectivity index (χ1n) is 9.14. The monoisotopic (exact) mass is 402 g/mol. The zero-order valence-corrected chi connectivity index (χ0v) is 15.3. The van der Waals surface area contributed by atoms with Crippen molar-refractivity contribution in [3.8, 4) is 0 Å². The number of aromatic nitrogens is 3. The molecule has 3 heterocycles. The van der Waals surface area contributed by atoms with Crippen molar-refractivity contribution < 1.29 is 17.6 Å². The average molecular weight is 402 g/mol. The Morgan fingerprint density at radius 1 is 1.17 bits per heavy atom. The Labute approximate surface area is 164 Å². The van der Waals surface area contributed by atoms with Crippen LogP contribution in [0.25, 0.3) is 11.0 Å². The number of rotatable bonds is 5. The van der Waals surface area contributed by atoms with Gasteiger partial charge in [0.05, 0.1) is 5.57 Å². The molecule has 4 rings (SSSR count). The molecular formula is C21H18F4N4. The number of hydrogen-bond acceptors (Lipinski definition) is 3. The van der Waals surface area contributed by atoms with Gasteiger partial charge in [0.2, 0.25) is 0 Å². The molecule has 2 N–H and O–H groups in total. The highest BCUT2D eigenvalue weighted by molar-refractivity contribution is 5.79. The van der Waals surface area contributed by atoms with Gasteiger partial charge < -0.3 is 10.3 Å². The Kier molecular flexibility index (Phi) is 5.08. The van der Waals surface area contributed by atoms with E-state index in [4.69, 9.17) is 0 Å². The molecule has 3 aromatic rings. The molecule has 0 spiro atoms. The lowest BCUT2D eigenvalue weighted by atomic mass is 9.95. The van der Waals surface area contributed by atoms with Crippen LogP contribution >= 0.6 is 0 Å². The van der Waals surface area contributed by atoms with E-state index in [9.17, 15) is 17.6 Å². The molecule has 8 heteroatoms. The van der Waals surface area contributed by atoms with Crippen LogP contribution in [-0.4, -0.2) is 27.7 Å². The Bertz CT molecular complexity index is 1060. The number of allylic oxidation sites excluding steroid dienone is 3. The van der Waals surface area contributed by atoms with E-state index in [0.717, 1.165) is 28.2 Å². The summed E-state index contributed by atoms with van der Waals surface area (Å²) in [5.41, 5.74) is 2.01. The van der Waals surface area contributed by atoms with Crippen LogP contribution < -0.4 is 5.32 Å². The van der Waals surface area contributed by atoms with E-state index < -0.39 is 23.5 Å². The van der Waals surface area contributed by atoms with Gasteiger partial charge in [-0.2, -0.15) is 13.2 Å². The third kappa shape index (κ3) is 4.31. The summed E-state index contributed by atoms with van der Waals surface area (Å²) in [4.78, 5) is 11.7. The van der Waals surface area contributed by atoms with Crippen LogP contribution in [0.5, 0.6) is 0 Å². The molecule has 0 fully saturated rings. The van der Waals surface area contributed by atoms with Gasteiger partial charge in [-0.25, -0.2) is 14.4 Å². The van der Waals surface area contributed by atoms with E-state index in [1.54, 1.807) is 18.5 Å². The van der Waals surface area contributed by atoms with Crippen LogP contribution in [0.2, 0.25) is 0 Å². The summed E-state index contributed by atoms with van der Waals surface area (Å²) in [6.45, 7) is 0.171. The number of anilines is 1. The number of fused-ring (bicyclic) bond motifs is 1. The maximum Gasteiger partial charge on any atom is 0.416 e. The lowest BCUT2D eigenvalue weighted by molar-refractivity contribution is -0.0890. The molecule has 1 aliphatic rings. The molecular weight excluding hydrogens is 384 g/mol. The summed E-state index contributed by atoms with van der Waals surface area (Å²) in [5, 5.41) is 4.05. The van der Waals surface area contributed by atoms with E-state index in [1.807, 2.05) is 24.4 Å². The first kappa shape index (κ1) is 19.2. The second-order valence-electron chi connectivity index (χ2n) is 6.94. The minimum absolute atomic E-state index is 0.00312. The van der Waals surface area contributed by atoms with Gasteiger partial charge in [0.25, 0.3) is 0 Å². The molecule has 0 aliphatic heterocycles. The van der Waals surface area contributed by atoms with Crippen LogP contribution in [0.4, 0.5) is 23.4 Å². The van der Waals surface area contributed by atoms with E-state index >= 15 is 0 Å². The summed E-state index contributed by atoms with van der Waals surface area (Å²) in [5.74, 6) is -0.856. The quantitative estimate of drug-likeness (QED) is 0.568. The number of halogens is 4. The Hall–Kier alpha value is -3.16. The van der Waals surface area contributed by atoms with Crippen molar-refractivity contribution in [2.75, 3.05) is 11.9 Å². The molecule has 0 amide bonds. The fraction of sp³-hybridized carbons (Fsp3) is 0.238. The predicted molar refractivity (Wildman–Crippen MR) is 103 cm³/mol. The number of hydrogen-bond donors (Lipinski definition) is 2.